The predicted octanol–water partition coefficient (Wildman–Crippen LogP) is 4.86. The number of nitrogens with one attached hydrogen (secondary N) is 1. The van der Waals surface area contributed by atoms with Crippen molar-refractivity contribution in [3.05, 3.63) is 100 Å². The number of nitrogens with zero attached hydrogens (tertiary/aromatic N) is 3. The second-order valence-corrected chi connectivity index (χ2v) is 8.61. The molecule has 0 saturated carbocycles. The molecule has 0 spiro atoms. The lowest BCUT2D eigenvalue weighted by Gasteiger charge is -2.12. The maximum atomic E-state index is 13.3. The van der Waals surface area contributed by atoms with Crippen LogP contribution in [0.15, 0.2) is 73.1 Å². The zero-order valence-corrected chi connectivity index (χ0v) is 19.1. The summed E-state index contributed by atoms with van der Waals surface area (Å²) in [4.78, 5) is 24.4. The molecule has 7 nitrogen and oxygen atoms in total. The van der Waals surface area contributed by atoms with Gasteiger partial charge in [0.1, 0.15) is 0 Å². The smallest absolute Gasteiger partial charge is 0.335 e. The summed E-state index contributed by atoms with van der Waals surface area (Å²) in [5, 5.41) is 19.2. The summed E-state index contributed by atoms with van der Waals surface area (Å²) in [6.07, 6.45) is 3.93. The first-order chi connectivity index (χ1) is 16.4. The average Bonchev–Trinajstić information content (AvgIpc) is 3.41. The summed E-state index contributed by atoms with van der Waals surface area (Å²) in [5.41, 5.74) is 4.19. The summed E-state index contributed by atoms with van der Waals surface area (Å²) in [7, 11) is 1.86. The number of benzene rings is 3. The number of halogens is 1. The van der Waals surface area contributed by atoms with E-state index in [0.717, 1.165) is 32.9 Å². The number of rotatable bonds is 6. The van der Waals surface area contributed by atoms with Crippen LogP contribution < -0.4 is 5.32 Å². The monoisotopic (exact) mass is 472 g/mol. The van der Waals surface area contributed by atoms with Gasteiger partial charge in [0.15, 0.2) is 0 Å². The summed E-state index contributed by atoms with van der Waals surface area (Å²) < 4.78 is 3.80. The van der Waals surface area contributed by atoms with Gasteiger partial charge in [-0.15, -0.1) is 0 Å². The van der Waals surface area contributed by atoms with E-state index in [1.165, 1.54) is 12.1 Å². The molecule has 170 valence electrons. The highest BCUT2D eigenvalue weighted by atomic mass is 35.5. The van der Waals surface area contributed by atoms with Gasteiger partial charge in [-0.05, 0) is 47.5 Å². The second kappa shape index (κ2) is 8.68. The van der Waals surface area contributed by atoms with Crippen molar-refractivity contribution in [1.29, 1.82) is 0 Å². The zero-order chi connectivity index (χ0) is 23.8. The van der Waals surface area contributed by atoms with Crippen molar-refractivity contribution in [3.8, 4) is 0 Å². The number of amides is 1. The Balaban J connectivity index is 1.51. The lowest BCUT2D eigenvalue weighted by molar-refractivity contribution is 0.0696. The number of carboxylic acid groups (broad SMARTS) is 1. The first-order valence-corrected chi connectivity index (χ1v) is 11.1. The van der Waals surface area contributed by atoms with Crippen molar-refractivity contribution in [3.63, 3.8) is 0 Å². The van der Waals surface area contributed by atoms with Crippen LogP contribution >= 0.6 is 11.6 Å². The van der Waals surface area contributed by atoms with E-state index in [9.17, 15) is 9.59 Å². The molecule has 0 aliphatic heterocycles. The molecule has 0 bridgehead atoms. The molecule has 5 aromatic rings. The van der Waals surface area contributed by atoms with Gasteiger partial charge < -0.3 is 15.0 Å². The molecule has 1 amide bonds. The number of aromatic carboxylic acids is 1. The number of aryl methyl sites for hydroxylation is 1. The maximum Gasteiger partial charge on any atom is 0.335 e. The molecule has 0 aliphatic rings. The molecule has 0 aliphatic carbocycles. The molecule has 0 radical (unpaired) electrons. The minimum atomic E-state index is -0.983. The van der Waals surface area contributed by atoms with E-state index < -0.39 is 5.97 Å². The molecule has 2 aromatic heterocycles. The standard InChI is InChI=1S/C26H21ClN4O3/c1-30-15-22-20-10-11-31(14-17-4-8-19(27)9-5-17)24(20)21(12-23(22)29-30)25(32)28-13-16-2-6-18(7-3-16)26(33)34/h2-12,15H,13-14H2,1H3,(H,28,32)(H,33,34). The van der Waals surface area contributed by atoms with Crippen molar-refractivity contribution in [2.45, 2.75) is 13.1 Å². The highest BCUT2D eigenvalue weighted by molar-refractivity contribution is 6.30. The predicted molar refractivity (Wildman–Crippen MR) is 131 cm³/mol. The number of carbonyl (C=O) groups excluding carboxylic acids is 1. The molecule has 2 heterocycles. The SMILES string of the molecule is Cn1cc2c(cc(C(=O)NCc3ccc(C(=O)O)cc3)c3c2ccn3Cc2ccc(Cl)cc2)n1. The third-order valence-corrected chi connectivity index (χ3v) is 6.06. The molecule has 0 atom stereocenters. The fourth-order valence-electron chi connectivity index (χ4n) is 4.15. The Kier molecular flexibility index (Phi) is 5.55. The van der Waals surface area contributed by atoms with Crippen molar-refractivity contribution >= 4 is 45.3 Å². The molecule has 2 N–H and O–H groups in total. The molecule has 5 rings (SSSR count). The maximum absolute atomic E-state index is 13.3. The van der Waals surface area contributed by atoms with Crippen molar-refractivity contribution in [2.24, 2.45) is 7.05 Å². The van der Waals surface area contributed by atoms with Crippen LogP contribution in [0.5, 0.6) is 0 Å². The van der Waals surface area contributed by atoms with Gasteiger partial charge in [-0.1, -0.05) is 35.9 Å². The Morgan fingerprint density at radius 3 is 2.41 bits per heavy atom. The zero-order valence-electron chi connectivity index (χ0n) is 18.3. The Bertz CT molecular complexity index is 1530. The third kappa shape index (κ3) is 4.13. The van der Waals surface area contributed by atoms with Gasteiger partial charge in [-0.2, -0.15) is 5.10 Å². The Labute approximate surface area is 200 Å². The first kappa shape index (κ1) is 21.7. The largest absolute Gasteiger partial charge is 0.478 e. The number of hydrogen-bond acceptors (Lipinski definition) is 3. The molecular formula is C26H21ClN4O3. The summed E-state index contributed by atoms with van der Waals surface area (Å²) >= 11 is 6.03. The number of aromatic nitrogens is 3. The number of carbonyl (C=O) groups is 2. The van der Waals surface area contributed by atoms with Gasteiger partial charge in [0.2, 0.25) is 0 Å². The number of carboxylic acids is 1. The fraction of sp³-hybridized carbons (Fsp3) is 0.115. The van der Waals surface area contributed by atoms with Gasteiger partial charge in [-0.25, -0.2) is 4.79 Å². The highest BCUT2D eigenvalue weighted by Gasteiger charge is 2.18. The Morgan fingerprint density at radius 1 is 1.00 bits per heavy atom. The summed E-state index contributed by atoms with van der Waals surface area (Å²) in [5.74, 6) is -1.21. The van der Waals surface area contributed by atoms with E-state index in [2.05, 4.69) is 15.0 Å². The summed E-state index contributed by atoms with van der Waals surface area (Å²) in [6, 6.07) is 17.9. The molecule has 0 unspecified atom stereocenters. The van der Waals surface area contributed by atoms with E-state index in [1.807, 2.05) is 55.8 Å². The van der Waals surface area contributed by atoms with E-state index in [0.29, 0.717) is 17.1 Å². The molecule has 0 fully saturated rings. The topological polar surface area (TPSA) is 89.1 Å². The minimum absolute atomic E-state index is 0.206. The third-order valence-electron chi connectivity index (χ3n) is 5.81. The van der Waals surface area contributed by atoms with Crippen LogP contribution in [0.1, 0.15) is 31.8 Å². The van der Waals surface area contributed by atoms with Crippen molar-refractivity contribution < 1.29 is 14.7 Å². The lowest BCUT2D eigenvalue weighted by atomic mass is 10.1. The van der Waals surface area contributed by atoms with Gasteiger partial charge in [-0.3, -0.25) is 9.48 Å². The molecule has 3 aromatic carbocycles. The molecule has 0 saturated heterocycles. The highest BCUT2D eigenvalue weighted by Crippen LogP contribution is 2.30. The van der Waals surface area contributed by atoms with Crippen LogP contribution in [0.4, 0.5) is 0 Å². The van der Waals surface area contributed by atoms with Crippen LogP contribution in [-0.4, -0.2) is 31.3 Å². The number of fused-ring (bicyclic) bond motifs is 3. The number of hydrogen-bond donors (Lipinski definition) is 2. The van der Waals surface area contributed by atoms with Gasteiger partial charge >= 0.3 is 5.97 Å². The van der Waals surface area contributed by atoms with E-state index in [4.69, 9.17) is 16.7 Å². The molecular weight excluding hydrogens is 452 g/mol. The lowest BCUT2D eigenvalue weighted by Crippen LogP contribution is -2.23. The molecule has 8 heteroatoms. The normalized spacial score (nSPS) is 11.2. The fourth-order valence-corrected chi connectivity index (χ4v) is 4.27. The first-order valence-electron chi connectivity index (χ1n) is 10.7. The quantitative estimate of drug-likeness (QED) is 0.369. The van der Waals surface area contributed by atoms with E-state index >= 15 is 0 Å². The molecule has 34 heavy (non-hydrogen) atoms. The average molecular weight is 473 g/mol. The van der Waals surface area contributed by atoms with Crippen LogP contribution in [-0.2, 0) is 20.1 Å². The minimum Gasteiger partial charge on any atom is -0.478 e. The van der Waals surface area contributed by atoms with E-state index in [-0.39, 0.29) is 18.0 Å². The van der Waals surface area contributed by atoms with Crippen molar-refractivity contribution in [1.82, 2.24) is 19.7 Å². The second-order valence-electron chi connectivity index (χ2n) is 8.18. The Morgan fingerprint density at radius 2 is 1.71 bits per heavy atom. The van der Waals surface area contributed by atoms with Gasteiger partial charge in [0.25, 0.3) is 5.91 Å². The van der Waals surface area contributed by atoms with Gasteiger partial charge in [0.05, 0.1) is 22.2 Å². The van der Waals surface area contributed by atoms with Gasteiger partial charge in [0, 0.05) is 48.3 Å². The van der Waals surface area contributed by atoms with Crippen molar-refractivity contribution in [2.75, 3.05) is 0 Å². The van der Waals surface area contributed by atoms with Crippen LogP contribution in [0.2, 0.25) is 5.02 Å². The van der Waals surface area contributed by atoms with Crippen LogP contribution in [0.25, 0.3) is 21.8 Å². The van der Waals surface area contributed by atoms with E-state index in [1.54, 1.807) is 16.8 Å². The van der Waals surface area contributed by atoms with Crippen LogP contribution in [0.3, 0.4) is 0 Å². The van der Waals surface area contributed by atoms with Crippen LogP contribution in [0, 0.1) is 0 Å². The Hall–Kier alpha value is -4.10. The summed E-state index contributed by atoms with van der Waals surface area (Å²) in [6.45, 7) is 0.863.